The summed E-state index contributed by atoms with van der Waals surface area (Å²) in [6.07, 6.45) is -3.22. The Morgan fingerprint density at radius 1 is 1.15 bits per heavy atom. The van der Waals surface area contributed by atoms with Gasteiger partial charge in [-0.2, -0.15) is 18.3 Å². The molecular weight excluding hydrogens is 456 g/mol. The average Bonchev–Trinajstić information content (AvgIpc) is 3.18. The van der Waals surface area contributed by atoms with Gasteiger partial charge in [-0.1, -0.05) is 12.1 Å². The molecule has 1 aromatic carbocycles. The Bertz CT molecular complexity index is 1050. The second-order valence-corrected chi connectivity index (χ2v) is 8.75. The molecule has 4 rings (SSSR count). The number of halogens is 4. The zero-order chi connectivity index (χ0) is 24.5. The standard InChI is InChI=1S/C23H26F4N4O3/c1-34-22(33)30-9-2-3-16(12-30)11-20(32)29-10-8-18-19(14-29)31(28-21(18)23(25,26)27)13-15-4-6-17(24)7-5-15/h4-7,16H,2-3,8-14H2,1H3. The van der Waals surface area contributed by atoms with E-state index >= 15 is 0 Å². The molecule has 2 aliphatic rings. The largest absolute Gasteiger partial charge is 0.453 e. The minimum Gasteiger partial charge on any atom is -0.453 e. The van der Waals surface area contributed by atoms with Crippen LogP contribution in [0.5, 0.6) is 0 Å². The van der Waals surface area contributed by atoms with Crippen LogP contribution >= 0.6 is 0 Å². The number of likely N-dealkylation sites (tertiary alicyclic amines) is 1. The summed E-state index contributed by atoms with van der Waals surface area (Å²) in [5.41, 5.74) is 0.121. The van der Waals surface area contributed by atoms with Gasteiger partial charge in [-0.25, -0.2) is 9.18 Å². The molecule has 0 spiro atoms. The quantitative estimate of drug-likeness (QED) is 0.621. The number of piperidine rings is 1. The first kappa shape index (κ1) is 24.0. The topological polar surface area (TPSA) is 67.7 Å². The van der Waals surface area contributed by atoms with Crippen LogP contribution in [-0.2, 0) is 35.2 Å². The number of hydrogen-bond donors (Lipinski definition) is 0. The van der Waals surface area contributed by atoms with Crippen LogP contribution in [0, 0.1) is 11.7 Å². The van der Waals surface area contributed by atoms with Crippen molar-refractivity contribution in [2.45, 2.75) is 44.9 Å². The predicted molar refractivity (Wildman–Crippen MR) is 113 cm³/mol. The average molecular weight is 482 g/mol. The van der Waals surface area contributed by atoms with Gasteiger partial charge in [-0.15, -0.1) is 0 Å². The molecule has 2 aliphatic heterocycles. The summed E-state index contributed by atoms with van der Waals surface area (Å²) in [5, 5.41) is 3.83. The van der Waals surface area contributed by atoms with Gasteiger partial charge in [0.25, 0.3) is 0 Å². The Kier molecular flexibility index (Phi) is 6.81. The first-order valence-corrected chi connectivity index (χ1v) is 11.2. The third kappa shape index (κ3) is 5.18. The summed E-state index contributed by atoms with van der Waals surface area (Å²) in [5.74, 6) is -0.630. The molecule has 1 fully saturated rings. The van der Waals surface area contributed by atoms with Gasteiger partial charge >= 0.3 is 12.3 Å². The van der Waals surface area contributed by atoms with Gasteiger partial charge in [0.15, 0.2) is 5.69 Å². The van der Waals surface area contributed by atoms with E-state index in [0.29, 0.717) is 24.3 Å². The lowest BCUT2D eigenvalue weighted by Crippen LogP contribution is -2.43. The molecule has 2 amide bonds. The van der Waals surface area contributed by atoms with E-state index in [4.69, 9.17) is 4.74 Å². The highest BCUT2D eigenvalue weighted by atomic mass is 19.4. The first-order chi connectivity index (χ1) is 16.2. The maximum Gasteiger partial charge on any atom is 0.435 e. The van der Waals surface area contributed by atoms with Crippen LogP contribution in [0.3, 0.4) is 0 Å². The zero-order valence-electron chi connectivity index (χ0n) is 18.8. The van der Waals surface area contributed by atoms with Crippen LogP contribution in [-0.4, -0.2) is 58.3 Å². The van der Waals surface area contributed by atoms with E-state index in [1.165, 1.54) is 36.1 Å². The van der Waals surface area contributed by atoms with E-state index in [0.717, 1.165) is 12.8 Å². The molecule has 1 aromatic heterocycles. The Labute approximate surface area is 194 Å². The molecule has 0 aliphatic carbocycles. The number of fused-ring (bicyclic) bond motifs is 1. The van der Waals surface area contributed by atoms with Gasteiger partial charge < -0.3 is 14.5 Å². The molecule has 3 heterocycles. The number of aromatic nitrogens is 2. The fourth-order valence-electron chi connectivity index (χ4n) is 4.72. The monoisotopic (exact) mass is 482 g/mol. The number of carbonyl (C=O) groups excluding carboxylic acids is 2. The third-order valence-corrected chi connectivity index (χ3v) is 6.42. The lowest BCUT2D eigenvalue weighted by Gasteiger charge is -2.34. The summed E-state index contributed by atoms with van der Waals surface area (Å²) < 4.78 is 60.2. The van der Waals surface area contributed by atoms with Gasteiger partial charge in [-0.05, 0) is 42.9 Å². The molecule has 0 bridgehead atoms. The number of methoxy groups -OCH3 is 1. The maximum absolute atomic E-state index is 13.6. The Balaban J connectivity index is 1.51. The van der Waals surface area contributed by atoms with Crippen LogP contribution < -0.4 is 0 Å². The summed E-state index contributed by atoms with van der Waals surface area (Å²) in [6, 6.07) is 5.48. The number of hydrogen-bond acceptors (Lipinski definition) is 4. The van der Waals surface area contributed by atoms with Crippen molar-refractivity contribution >= 4 is 12.0 Å². The zero-order valence-corrected chi connectivity index (χ0v) is 18.8. The second kappa shape index (κ2) is 9.63. The molecule has 2 aromatic rings. The number of benzene rings is 1. The van der Waals surface area contributed by atoms with E-state index in [2.05, 4.69) is 5.10 Å². The Morgan fingerprint density at radius 3 is 2.56 bits per heavy atom. The smallest absolute Gasteiger partial charge is 0.435 e. The van der Waals surface area contributed by atoms with Crippen molar-refractivity contribution in [3.63, 3.8) is 0 Å². The number of ether oxygens (including phenoxy) is 1. The van der Waals surface area contributed by atoms with Crippen molar-refractivity contribution in [1.29, 1.82) is 0 Å². The highest BCUT2D eigenvalue weighted by molar-refractivity contribution is 5.77. The molecule has 0 radical (unpaired) electrons. The highest BCUT2D eigenvalue weighted by Crippen LogP contribution is 2.35. The molecule has 1 atom stereocenters. The van der Waals surface area contributed by atoms with Crippen LogP contribution in [0.4, 0.5) is 22.4 Å². The van der Waals surface area contributed by atoms with Crippen LogP contribution in [0.1, 0.15) is 41.8 Å². The number of carbonyl (C=O) groups is 2. The highest BCUT2D eigenvalue weighted by Gasteiger charge is 2.41. The van der Waals surface area contributed by atoms with Crippen molar-refractivity contribution in [3.8, 4) is 0 Å². The molecule has 7 nitrogen and oxygen atoms in total. The molecule has 1 saturated heterocycles. The van der Waals surface area contributed by atoms with Crippen molar-refractivity contribution in [1.82, 2.24) is 19.6 Å². The van der Waals surface area contributed by atoms with E-state index in [1.54, 1.807) is 9.80 Å². The first-order valence-electron chi connectivity index (χ1n) is 11.2. The number of nitrogens with zero attached hydrogens (tertiary/aromatic N) is 4. The normalized spacial score (nSPS) is 18.6. The van der Waals surface area contributed by atoms with Gasteiger partial charge in [-0.3, -0.25) is 9.48 Å². The van der Waals surface area contributed by atoms with Crippen molar-refractivity contribution in [3.05, 3.63) is 52.6 Å². The predicted octanol–water partition coefficient (Wildman–Crippen LogP) is 3.84. The molecule has 184 valence electrons. The van der Waals surface area contributed by atoms with Gasteiger partial charge in [0.1, 0.15) is 5.82 Å². The fourth-order valence-corrected chi connectivity index (χ4v) is 4.72. The number of alkyl halides is 3. The maximum atomic E-state index is 13.6. The summed E-state index contributed by atoms with van der Waals surface area (Å²) >= 11 is 0. The molecule has 1 unspecified atom stereocenters. The lowest BCUT2D eigenvalue weighted by molar-refractivity contribution is -0.142. The minimum atomic E-state index is -4.61. The van der Waals surface area contributed by atoms with Gasteiger partial charge in [0, 0.05) is 31.6 Å². The summed E-state index contributed by atoms with van der Waals surface area (Å²) in [4.78, 5) is 28.0. The van der Waals surface area contributed by atoms with Crippen LogP contribution in [0.2, 0.25) is 0 Å². The minimum absolute atomic E-state index is 0.0197. The Morgan fingerprint density at radius 2 is 1.88 bits per heavy atom. The van der Waals surface area contributed by atoms with Gasteiger partial charge in [0.2, 0.25) is 5.91 Å². The van der Waals surface area contributed by atoms with Crippen LogP contribution in [0.15, 0.2) is 24.3 Å². The molecule has 0 N–H and O–H groups in total. The fraction of sp³-hybridized carbons (Fsp3) is 0.522. The number of rotatable bonds is 4. The van der Waals surface area contributed by atoms with E-state index in [9.17, 15) is 27.2 Å². The lowest BCUT2D eigenvalue weighted by atomic mass is 9.94. The molecular formula is C23H26F4N4O3. The van der Waals surface area contributed by atoms with E-state index in [-0.39, 0.29) is 49.9 Å². The van der Waals surface area contributed by atoms with E-state index < -0.39 is 23.8 Å². The SMILES string of the molecule is COC(=O)N1CCCC(CC(=O)N2CCc3c(C(F)(F)F)nn(Cc4ccc(F)cc4)c3C2)C1. The molecule has 0 saturated carbocycles. The van der Waals surface area contributed by atoms with Gasteiger partial charge in [0.05, 0.1) is 25.9 Å². The number of amides is 2. The van der Waals surface area contributed by atoms with Crippen molar-refractivity contribution in [2.75, 3.05) is 26.7 Å². The third-order valence-electron chi connectivity index (χ3n) is 6.42. The molecule has 11 heteroatoms. The molecule has 34 heavy (non-hydrogen) atoms. The van der Waals surface area contributed by atoms with Crippen molar-refractivity contribution in [2.24, 2.45) is 5.92 Å². The Hall–Kier alpha value is -3.11. The van der Waals surface area contributed by atoms with E-state index in [1.807, 2.05) is 0 Å². The van der Waals surface area contributed by atoms with Crippen molar-refractivity contribution < 1.29 is 31.9 Å². The summed E-state index contributed by atoms with van der Waals surface area (Å²) in [7, 11) is 1.31. The van der Waals surface area contributed by atoms with Crippen LogP contribution in [0.25, 0.3) is 0 Å². The summed E-state index contributed by atoms with van der Waals surface area (Å²) in [6.45, 7) is 1.22. The second-order valence-electron chi connectivity index (χ2n) is 8.75.